The number of piperazine rings is 1. The number of nitrogens with one attached hydrogen (secondary N) is 2. The van der Waals surface area contributed by atoms with Gasteiger partial charge in [-0.25, -0.2) is 0 Å². The molecule has 3 fully saturated rings. The zero-order chi connectivity index (χ0) is 30.4. The van der Waals surface area contributed by atoms with Gasteiger partial charge in [-0.2, -0.15) is 0 Å². The second kappa shape index (κ2) is 15.2. The van der Waals surface area contributed by atoms with E-state index in [4.69, 9.17) is 4.74 Å². The molecule has 2 aromatic rings. The van der Waals surface area contributed by atoms with Crippen molar-refractivity contribution in [3.8, 4) is 5.75 Å². The molecule has 240 valence electrons. The average molecular weight is 627 g/mol. The molecule has 2 saturated heterocycles. The molecule has 0 unspecified atom stereocenters. The maximum absolute atomic E-state index is 13.7. The third-order valence-corrected chi connectivity index (χ3v) is 9.54. The van der Waals surface area contributed by atoms with Gasteiger partial charge in [-0.05, 0) is 73.4 Å². The number of carbonyl (C=O) groups is 3. The number of amides is 3. The van der Waals surface area contributed by atoms with Crippen LogP contribution in [0.5, 0.6) is 5.75 Å². The van der Waals surface area contributed by atoms with Gasteiger partial charge < -0.3 is 25.4 Å². The van der Waals surface area contributed by atoms with Crippen molar-refractivity contribution in [1.82, 2.24) is 20.4 Å². The molecule has 10 heteroatoms. The first kappa shape index (κ1) is 33.7. The van der Waals surface area contributed by atoms with Gasteiger partial charge in [0.2, 0.25) is 11.8 Å². The summed E-state index contributed by atoms with van der Waals surface area (Å²) in [5, 5.41) is 16.7. The van der Waals surface area contributed by atoms with E-state index >= 15 is 0 Å². The SMILES string of the molecule is CCCN1C(=O)[C@@H]([C@H](O)C2CCCCC2)NC(=O)C12CCN(Cc1ccc(COc3ccc(C(=O)NC)cc3)cc1)CC2.Cl. The Hall–Kier alpha value is -3.14. The fourth-order valence-corrected chi connectivity index (χ4v) is 6.96. The summed E-state index contributed by atoms with van der Waals surface area (Å²) in [4.78, 5) is 43.3. The van der Waals surface area contributed by atoms with Crippen molar-refractivity contribution in [2.24, 2.45) is 5.92 Å². The maximum Gasteiger partial charge on any atom is 0.251 e. The number of hydrogen-bond donors (Lipinski definition) is 3. The summed E-state index contributed by atoms with van der Waals surface area (Å²) in [6, 6.07) is 14.6. The Kier molecular flexibility index (Phi) is 11.7. The maximum atomic E-state index is 13.7. The number of halogens is 1. The first-order valence-electron chi connectivity index (χ1n) is 15.9. The molecule has 2 atom stereocenters. The lowest BCUT2D eigenvalue weighted by Crippen LogP contribution is -2.75. The predicted molar refractivity (Wildman–Crippen MR) is 172 cm³/mol. The number of piperidine rings is 1. The molecule has 9 nitrogen and oxygen atoms in total. The number of nitrogens with zero attached hydrogens (tertiary/aromatic N) is 2. The van der Waals surface area contributed by atoms with E-state index in [0.29, 0.717) is 50.4 Å². The molecule has 44 heavy (non-hydrogen) atoms. The Morgan fingerprint density at radius 2 is 1.66 bits per heavy atom. The molecular formula is C34H47ClN4O5. The van der Waals surface area contributed by atoms with Crippen LogP contribution in [0.2, 0.25) is 0 Å². The molecule has 0 radical (unpaired) electrons. The lowest BCUT2D eigenvalue weighted by molar-refractivity contribution is -0.165. The van der Waals surface area contributed by atoms with Gasteiger partial charge in [-0.3, -0.25) is 19.3 Å². The van der Waals surface area contributed by atoms with Crippen LogP contribution in [0, 0.1) is 5.92 Å². The van der Waals surface area contributed by atoms with Crippen molar-refractivity contribution < 1.29 is 24.2 Å². The van der Waals surface area contributed by atoms with Crippen LogP contribution in [0.25, 0.3) is 0 Å². The molecule has 0 bridgehead atoms. The quantitative estimate of drug-likeness (QED) is 0.367. The highest BCUT2D eigenvalue weighted by atomic mass is 35.5. The van der Waals surface area contributed by atoms with Gasteiger partial charge in [0.1, 0.15) is 23.9 Å². The number of benzene rings is 2. The predicted octanol–water partition coefficient (Wildman–Crippen LogP) is 4.06. The zero-order valence-electron chi connectivity index (χ0n) is 25.9. The first-order chi connectivity index (χ1) is 20.8. The van der Waals surface area contributed by atoms with Gasteiger partial charge in [-0.1, -0.05) is 50.5 Å². The van der Waals surface area contributed by atoms with Crippen LogP contribution in [-0.2, 0) is 22.7 Å². The standard InChI is InChI=1S/C34H46N4O5.ClH/c1-3-19-38-32(41)29(30(39)26-7-5-4-6-8-26)36-33(42)34(38)17-20-37(21-18-34)22-24-9-11-25(12-10-24)23-43-28-15-13-27(14-16-28)31(40)35-2;/h9-16,26,29-30,39H,3-8,17-23H2,1-2H3,(H,35,40)(H,36,42);1H/t29-,30-;/m1./s1. The molecule has 2 heterocycles. The largest absolute Gasteiger partial charge is 0.489 e. The van der Waals surface area contributed by atoms with Crippen LogP contribution >= 0.6 is 12.4 Å². The van der Waals surface area contributed by atoms with Crippen molar-refractivity contribution in [2.45, 2.75) is 89.1 Å². The Labute approximate surface area is 267 Å². The van der Waals surface area contributed by atoms with E-state index in [9.17, 15) is 19.5 Å². The van der Waals surface area contributed by atoms with Crippen molar-refractivity contribution in [1.29, 1.82) is 0 Å². The topological polar surface area (TPSA) is 111 Å². The highest BCUT2D eigenvalue weighted by Crippen LogP contribution is 2.36. The highest BCUT2D eigenvalue weighted by molar-refractivity contribution is 6.00. The molecule has 2 aliphatic heterocycles. The van der Waals surface area contributed by atoms with Crippen molar-refractivity contribution in [3.05, 3.63) is 65.2 Å². The minimum absolute atomic E-state index is 0. The van der Waals surface area contributed by atoms with Gasteiger partial charge in [0.25, 0.3) is 5.91 Å². The van der Waals surface area contributed by atoms with E-state index in [1.807, 2.05) is 6.92 Å². The fraction of sp³-hybridized carbons (Fsp3) is 0.559. The molecule has 3 aliphatic rings. The monoisotopic (exact) mass is 626 g/mol. The fourth-order valence-electron chi connectivity index (χ4n) is 6.96. The molecular weight excluding hydrogens is 580 g/mol. The zero-order valence-corrected chi connectivity index (χ0v) is 26.7. The number of aliphatic hydroxyl groups excluding tert-OH is 1. The molecule has 1 aliphatic carbocycles. The van der Waals surface area contributed by atoms with Gasteiger partial charge in [0, 0.05) is 38.8 Å². The number of ether oxygens (including phenoxy) is 1. The smallest absolute Gasteiger partial charge is 0.251 e. The summed E-state index contributed by atoms with van der Waals surface area (Å²) >= 11 is 0. The number of likely N-dealkylation sites (tertiary alicyclic amines) is 1. The third kappa shape index (κ3) is 7.38. The highest BCUT2D eigenvalue weighted by Gasteiger charge is 2.55. The van der Waals surface area contributed by atoms with Crippen LogP contribution in [0.1, 0.15) is 79.8 Å². The van der Waals surface area contributed by atoms with E-state index in [0.717, 1.165) is 44.2 Å². The van der Waals surface area contributed by atoms with E-state index in [-0.39, 0.29) is 36.0 Å². The molecule has 3 N–H and O–H groups in total. The Bertz CT molecular complexity index is 1260. The van der Waals surface area contributed by atoms with Crippen LogP contribution < -0.4 is 15.4 Å². The lowest BCUT2D eigenvalue weighted by Gasteiger charge is -2.52. The summed E-state index contributed by atoms with van der Waals surface area (Å²) < 4.78 is 5.89. The summed E-state index contributed by atoms with van der Waals surface area (Å²) in [6.45, 7) is 5.19. The van der Waals surface area contributed by atoms with Crippen molar-refractivity contribution >= 4 is 30.1 Å². The number of rotatable bonds is 10. The van der Waals surface area contributed by atoms with Crippen molar-refractivity contribution in [2.75, 3.05) is 26.7 Å². The summed E-state index contributed by atoms with van der Waals surface area (Å²) in [5.41, 5.74) is 1.98. The molecule has 2 aromatic carbocycles. The lowest BCUT2D eigenvalue weighted by atomic mass is 9.78. The van der Waals surface area contributed by atoms with Gasteiger partial charge in [-0.15, -0.1) is 12.4 Å². The van der Waals surface area contributed by atoms with Crippen LogP contribution in [0.15, 0.2) is 48.5 Å². The average Bonchev–Trinajstić information content (AvgIpc) is 3.05. The molecule has 0 aromatic heterocycles. The normalized spacial score (nSPS) is 21.3. The van der Waals surface area contributed by atoms with E-state index in [1.54, 1.807) is 36.2 Å². The van der Waals surface area contributed by atoms with E-state index in [2.05, 4.69) is 39.8 Å². The summed E-state index contributed by atoms with van der Waals surface area (Å²) in [6.07, 6.45) is 6.26. The van der Waals surface area contributed by atoms with E-state index < -0.39 is 17.7 Å². The molecule has 5 rings (SSSR count). The number of carbonyl (C=O) groups excluding carboxylic acids is 3. The Morgan fingerprint density at radius 3 is 2.27 bits per heavy atom. The second-order valence-corrected chi connectivity index (χ2v) is 12.3. The molecule has 3 amide bonds. The Balaban J connectivity index is 0.00000442. The van der Waals surface area contributed by atoms with Gasteiger partial charge in [0.05, 0.1) is 6.10 Å². The summed E-state index contributed by atoms with van der Waals surface area (Å²) in [7, 11) is 1.61. The minimum atomic E-state index is -0.841. The number of aliphatic hydroxyl groups is 1. The first-order valence-corrected chi connectivity index (χ1v) is 15.9. The van der Waals surface area contributed by atoms with Crippen LogP contribution in [-0.4, -0.2) is 77.0 Å². The summed E-state index contributed by atoms with van der Waals surface area (Å²) in [5.74, 6) is 0.428. The Morgan fingerprint density at radius 1 is 1.02 bits per heavy atom. The van der Waals surface area contributed by atoms with Gasteiger partial charge >= 0.3 is 0 Å². The van der Waals surface area contributed by atoms with E-state index in [1.165, 1.54) is 12.0 Å². The van der Waals surface area contributed by atoms with Crippen molar-refractivity contribution in [3.63, 3.8) is 0 Å². The van der Waals surface area contributed by atoms with Crippen LogP contribution in [0.3, 0.4) is 0 Å². The second-order valence-electron chi connectivity index (χ2n) is 12.3. The number of hydrogen-bond acceptors (Lipinski definition) is 6. The molecule has 1 spiro atoms. The third-order valence-electron chi connectivity index (χ3n) is 9.54. The van der Waals surface area contributed by atoms with Crippen LogP contribution in [0.4, 0.5) is 0 Å². The minimum Gasteiger partial charge on any atom is -0.489 e. The van der Waals surface area contributed by atoms with Gasteiger partial charge in [0.15, 0.2) is 0 Å². The molecule has 1 saturated carbocycles.